The van der Waals surface area contributed by atoms with Gasteiger partial charge >= 0.3 is 0 Å². The number of hydrogen-bond acceptors (Lipinski definition) is 4. The van der Waals surface area contributed by atoms with Gasteiger partial charge < -0.3 is 10.1 Å². The highest BCUT2D eigenvalue weighted by molar-refractivity contribution is 5.55. The van der Waals surface area contributed by atoms with E-state index in [-0.39, 0.29) is 5.60 Å². The Morgan fingerprint density at radius 2 is 2.37 bits per heavy atom. The lowest BCUT2D eigenvalue weighted by atomic mass is 10.0. The molecule has 4 heteroatoms. The minimum Gasteiger partial charge on any atom is -0.373 e. The molecule has 0 aromatic carbocycles. The summed E-state index contributed by atoms with van der Waals surface area (Å²) in [6.07, 6.45) is 5.41. The monoisotopic (exact) mass is 257 g/mol. The predicted octanol–water partition coefficient (Wildman–Crippen LogP) is 2.42. The largest absolute Gasteiger partial charge is 0.373 e. The van der Waals surface area contributed by atoms with Gasteiger partial charge in [0.15, 0.2) is 0 Å². The average molecular weight is 257 g/mol. The highest BCUT2D eigenvalue weighted by atomic mass is 16.5. The summed E-state index contributed by atoms with van der Waals surface area (Å²) in [6, 6.07) is 4.24. The number of aryl methyl sites for hydroxylation is 2. The second-order valence-electron chi connectivity index (χ2n) is 5.71. The fourth-order valence-corrected chi connectivity index (χ4v) is 2.94. The number of nitriles is 1. The molecule has 1 aromatic rings. The number of hydrogen-bond donors (Lipinski definition) is 1. The molecule has 1 atom stereocenters. The molecule has 1 aliphatic heterocycles. The van der Waals surface area contributed by atoms with Crippen molar-refractivity contribution in [1.82, 2.24) is 4.98 Å². The molecule has 100 valence electrons. The van der Waals surface area contributed by atoms with Crippen LogP contribution in [0, 0.1) is 11.3 Å². The second kappa shape index (κ2) is 4.82. The van der Waals surface area contributed by atoms with Gasteiger partial charge in [-0.3, -0.25) is 0 Å². The molecule has 1 aliphatic carbocycles. The first-order valence-electron chi connectivity index (χ1n) is 7.01. The number of pyridine rings is 1. The highest BCUT2D eigenvalue weighted by Gasteiger charge is 2.30. The quantitative estimate of drug-likeness (QED) is 0.903. The summed E-state index contributed by atoms with van der Waals surface area (Å²) in [7, 11) is 0. The van der Waals surface area contributed by atoms with E-state index in [9.17, 15) is 5.26 Å². The maximum Gasteiger partial charge on any atom is 0.144 e. The van der Waals surface area contributed by atoms with Gasteiger partial charge in [-0.2, -0.15) is 5.26 Å². The van der Waals surface area contributed by atoms with Crippen LogP contribution in [0.4, 0.5) is 5.82 Å². The summed E-state index contributed by atoms with van der Waals surface area (Å²) in [6.45, 7) is 3.67. The van der Waals surface area contributed by atoms with Crippen molar-refractivity contribution >= 4 is 5.82 Å². The van der Waals surface area contributed by atoms with Crippen LogP contribution in [0.5, 0.6) is 0 Å². The number of aromatic nitrogens is 1. The lowest BCUT2D eigenvalue weighted by Crippen LogP contribution is -2.33. The van der Waals surface area contributed by atoms with Gasteiger partial charge in [0.05, 0.1) is 11.2 Å². The second-order valence-corrected chi connectivity index (χ2v) is 5.71. The van der Waals surface area contributed by atoms with E-state index >= 15 is 0 Å². The first-order chi connectivity index (χ1) is 9.20. The molecule has 19 heavy (non-hydrogen) atoms. The van der Waals surface area contributed by atoms with Gasteiger partial charge in [0, 0.05) is 18.8 Å². The smallest absolute Gasteiger partial charge is 0.144 e. The maximum absolute atomic E-state index is 9.24. The van der Waals surface area contributed by atoms with E-state index in [1.807, 2.05) is 6.07 Å². The highest BCUT2D eigenvalue weighted by Crippen LogP contribution is 2.28. The van der Waals surface area contributed by atoms with Crippen molar-refractivity contribution in [3.8, 4) is 6.07 Å². The molecule has 1 unspecified atom stereocenters. The van der Waals surface area contributed by atoms with Gasteiger partial charge in [-0.25, -0.2) is 4.98 Å². The first kappa shape index (κ1) is 12.4. The molecule has 4 nitrogen and oxygen atoms in total. The maximum atomic E-state index is 9.24. The van der Waals surface area contributed by atoms with E-state index in [2.05, 4.69) is 23.3 Å². The molecule has 3 rings (SSSR count). The Kier molecular flexibility index (Phi) is 3.16. The fourth-order valence-electron chi connectivity index (χ4n) is 2.94. The van der Waals surface area contributed by atoms with E-state index < -0.39 is 0 Å². The number of nitrogens with one attached hydrogen (secondary N) is 1. The molecule has 0 bridgehead atoms. The SMILES string of the molecule is CC1(CNc2nc3c(cc2C#N)CCC3)CCCO1. The van der Waals surface area contributed by atoms with E-state index in [1.165, 1.54) is 5.56 Å². The zero-order chi connectivity index (χ0) is 13.3. The molecule has 1 aromatic heterocycles. The van der Waals surface area contributed by atoms with Crippen molar-refractivity contribution in [1.29, 1.82) is 5.26 Å². The third-order valence-corrected chi connectivity index (χ3v) is 4.10. The lowest BCUT2D eigenvalue weighted by Gasteiger charge is -2.24. The van der Waals surface area contributed by atoms with Crippen LogP contribution in [-0.2, 0) is 17.6 Å². The van der Waals surface area contributed by atoms with Crippen LogP contribution >= 0.6 is 0 Å². The van der Waals surface area contributed by atoms with Gasteiger partial charge in [-0.05, 0) is 50.7 Å². The Bertz CT molecular complexity index is 527. The van der Waals surface area contributed by atoms with Gasteiger partial charge in [0.1, 0.15) is 11.9 Å². The Labute approximate surface area is 113 Å². The molecular weight excluding hydrogens is 238 g/mol. The summed E-state index contributed by atoms with van der Waals surface area (Å²) in [4.78, 5) is 4.63. The fraction of sp³-hybridized carbons (Fsp3) is 0.600. The predicted molar refractivity (Wildman–Crippen MR) is 73.1 cm³/mol. The molecule has 0 amide bonds. The van der Waals surface area contributed by atoms with E-state index in [0.717, 1.165) is 50.2 Å². The summed E-state index contributed by atoms with van der Waals surface area (Å²) >= 11 is 0. The Hall–Kier alpha value is -1.60. The third-order valence-electron chi connectivity index (χ3n) is 4.10. The topological polar surface area (TPSA) is 57.9 Å². The Balaban J connectivity index is 1.79. The number of fused-ring (bicyclic) bond motifs is 1. The van der Waals surface area contributed by atoms with Gasteiger partial charge in [0.2, 0.25) is 0 Å². The molecule has 0 saturated carbocycles. The Morgan fingerprint density at radius 1 is 1.47 bits per heavy atom. The van der Waals surface area contributed by atoms with Crippen LogP contribution in [0.3, 0.4) is 0 Å². The van der Waals surface area contributed by atoms with E-state index in [1.54, 1.807) is 0 Å². The number of rotatable bonds is 3. The molecular formula is C15H19N3O. The van der Waals surface area contributed by atoms with Crippen molar-refractivity contribution in [3.05, 3.63) is 22.9 Å². The van der Waals surface area contributed by atoms with Crippen LogP contribution in [0.1, 0.15) is 43.0 Å². The standard InChI is InChI=1S/C15H19N3O/c1-15(6-3-7-19-15)10-17-14-12(9-16)8-11-4-2-5-13(11)18-14/h8H,2-7,10H2,1H3,(H,17,18). The minimum atomic E-state index is -0.118. The summed E-state index contributed by atoms with van der Waals surface area (Å²) in [5.74, 6) is 0.722. The zero-order valence-corrected chi connectivity index (χ0v) is 11.3. The van der Waals surface area contributed by atoms with Crippen molar-refractivity contribution in [2.75, 3.05) is 18.5 Å². The Morgan fingerprint density at radius 3 is 3.11 bits per heavy atom. The van der Waals surface area contributed by atoms with Crippen LogP contribution in [0.15, 0.2) is 6.07 Å². The molecule has 1 fully saturated rings. The van der Waals surface area contributed by atoms with Crippen molar-refractivity contribution in [3.63, 3.8) is 0 Å². The molecule has 2 heterocycles. The molecule has 1 saturated heterocycles. The molecule has 1 N–H and O–H groups in total. The van der Waals surface area contributed by atoms with E-state index in [4.69, 9.17) is 4.74 Å². The summed E-state index contributed by atoms with van der Waals surface area (Å²) < 4.78 is 5.76. The molecule has 0 spiro atoms. The van der Waals surface area contributed by atoms with Crippen LogP contribution in [0.25, 0.3) is 0 Å². The first-order valence-corrected chi connectivity index (χ1v) is 7.01. The van der Waals surface area contributed by atoms with Crippen LogP contribution in [0.2, 0.25) is 0 Å². The van der Waals surface area contributed by atoms with Gasteiger partial charge in [-0.1, -0.05) is 0 Å². The van der Waals surface area contributed by atoms with Crippen molar-refractivity contribution in [2.45, 2.75) is 44.6 Å². The molecule has 2 aliphatic rings. The van der Waals surface area contributed by atoms with E-state index in [0.29, 0.717) is 12.1 Å². The lowest BCUT2D eigenvalue weighted by molar-refractivity contribution is 0.0314. The number of anilines is 1. The molecule has 0 radical (unpaired) electrons. The van der Waals surface area contributed by atoms with Crippen molar-refractivity contribution in [2.24, 2.45) is 0 Å². The average Bonchev–Trinajstić information content (AvgIpc) is 3.04. The van der Waals surface area contributed by atoms with Gasteiger partial charge in [0.25, 0.3) is 0 Å². The van der Waals surface area contributed by atoms with Crippen molar-refractivity contribution < 1.29 is 4.74 Å². The summed E-state index contributed by atoms with van der Waals surface area (Å²) in [5, 5.41) is 12.6. The third kappa shape index (κ3) is 2.43. The van der Waals surface area contributed by atoms with Crippen LogP contribution in [-0.4, -0.2) is 23.7 Å². The summed E-state index contributed by atoms with van der Waals surface area (Å²) in [5.41, 5.74) is 2.93. The van der Waals surface area contributed by atoms with Crippen LogP contribution < -0.4 is 5.32 Å². The van der Waals surface area contributed by atoms with Gasteiger partial charge in [-0.15, -0.1) is 0 Å². The zero-order valence-electron chi connectivity index (χ0n) is 11.3. The normalized spacial score (nSPS) is 25.1. The number of nitrogens with zero attached hydrogens (tertiary/aromatic N) is 2. The minimum absolute atomic E-state index is 0.118. The number of ether oxygens (including phenoxy) is 1.